The molecule has 0 fully saturated rings. The van der Waals surface area contributed by atoms with Crippen molar-refractivity contribution < 1.29 is 8.42 Å². The summed E-state index contributed by atoms with van der Waals surface area (Å²) in [5.74, 6) is 0.428. The van der Waals surface area contributed by atoms with Crippen molar-refractivity contribution >= 4 is 19.7 Å². The van der Waals surface area contributed by atoms with E-state index in [1.165, 1.54) is 4.57 Å². The molecular weight excluding hydrogens is 276 g/mol. The molecule has 0 N–H and O–H groups in total. The molecule has 2 heterocycles. The number of halogens is 1. The highest BCUT2D eigenvalue weighted by Gasteiger charge is 2.24. The number of hydrogen-bond acceptors (Lipinski definition) is 5. The summed E-state index contributed by atoms with van der Waals surface area (Å²) in [7, 11) is 1.42. The Kier molecular flexibility index (Phi) is 3.36. The molecule has 0 aliphatic heterocycles. The van der Waals surface area contributed by atoms with Gasteiger partial charge in [0.25, 0.3) is 14.2 Å². The van der Waals surface area contributed by atoms with Gasteiger partial charge >= 0.3 is 0 Å². The molecule has 0 saturated carbocycles. The molecular formula is C10H11ClN4O2S. The number of aromatic nitrogens is 4. The Labute approximate surface area is 109 Å². The monoisotopic (exact) mass is 286 g/mol. The van der Waals surface area contributed by atoms with Crippen molar-refractivity contribution in [2.24, 2.45) is 0 Å². The minimum atomic E-state index is -3.92. The van der Waals surface area contributed by atoms with Crippen LogP contribution in [-0.2, 0) is 9.05 Å². The van der Waals surface area contributed by atoms with E-state index in [0.29, 0.717) is 11.4 Å². The van der Waals surface area contributed by atoms with Crippen molar-refractivity contribution in [3.8, 4) is 11.4 Å². The lowest BCUT2D eigenvalue weighted by Crippen LogP contribution is -2.10. The van der Waals surface area contributed by atoms with Gasteiger partial charge in [-0.05, 0) is 26.0 Å². The highest BCUT2D eigenvalue weighted by molar-refractivity contribution is 8.13. The molecule has 2 aromatic rings. The zero-order chi connectivity index (χ0) is 13.3. The van der Waals surface area contributed by atoms with Crippen molar-refractivity contribution in [2.75, 3.05) is 0 Å². The van der Waals surface area contributed by atoms with Crippen LogP contribution in [0.3, 0.4) is 0 Å². The lowest BCUT2D eigenvalue weighted by Gasteiger charge is -2.12. The molecule has 0 spiro atoms. The van der Waals surface area contributed by atoms with Gasteiger partial charge in [-0.3, -0.25) is 9.55 Å². The SMILES string of the molecule is CC(C)n1c(-c2cccnc2)nnc1S(=O)(=O)Cl. The summed E-state index contributed by atoms with van der Waals surface area (Å²) in [4.78, 5) is 3.97. The first-order valence-electron chi connectivity index (χ1n) is 5.21. The molecule has 18 heavy (non-hydrogen) atoms. The van der Waals surface area contributed by atoms with Crippen molar-refractivity contribution in [3.05, 3.63) is 24.5 Å². The van der Waals surface area contributed by atoms with Crippen LogP contribution in [-0.4, -0.2) is 28.2 Å². The van der Waals surface area contributed by atoms with Crippen molar-refractivity contribution in [2.45, 2.75) is 25.0 Å². The molecule has 0 atom stereocenters. The van der Waals surface area contributed by atoms with E-state index in [9.17, 15) is 8.42 Å². The Hall–Kier alpha value is -1.47. The normalized spacial score (nSPS) is 12.0. The first-order chi connectivity index (χ1) is 8.41. The van der Waals surface area contributed by atoms with Gasteiger partial charge in [-0.2, -0.15) is 0 Å². The summed E-state index contributed by atoms with van der Waals surface area (Å²) in [6.07, 6.45) is 3.21. The Morgan fingerprint density at radius 3 is 2.56 bits per heavy atom. The summed E-state index contributed by atoms with van der Waals surface area (Å²) < 4.78 is 24.3. The predicted octanol–water partition coefficient (Wildman–Crippen LogP) is 1.85. The van der Waals surface area contributed by atoms with E-state index in [-0.39, 0.29) is 11.2 Å². The molecule has 2 aromatic heterocycles. The molecule has 0 unspecified atom stereocenters. The molecule has 2 rings (SSSR count). The maximum absolute atomic E-state index is 11.4. The van der Waals surface area contributed by atoms with Crippen LogP contribution in [0.15, 0.2) is 29.7 Å². The highest BCUT2D eigenvalue weighted by Crippen LogP contribution is 2.25. The smallest absolute Gasteiger partial charge is 0.294 e. The zero-order valence-electron chi connectivity index (χ0n) is 9.78. The van der Waals surface area contributed by atoms with E-state index in [0.717, 1.165) is 0 Å². The van der Waals surface area contributed by atoms with Crippen LogP contribution >= 0.6 is 10.7 Å². The molecule has 0 radical (unpaired) electrons. The maximum Gasteiger partial charge on any atom is 0.296 e. The Morgan fingerprint density at radius 1 is 1.33 bits per heavy atom. The maximum atomic E-state index is 11.4. The fraction of sp³-hybridized carbons (Fsp3) is 0.300. The highest BCUT2D eigenvalue weighted by atomic mass is 35.7. The fourth-order valence-electron chi connectivity index (χ4n) is 1.60. The number of rotatable bonds is 3. The van der Waals surface area contributed by atoms with Crippen molar-refractivity contribution in [3.63, 3.8) is 0 Å². The fourth-order valence-corrected chi connectivity index (χ4v) is 2.59. The summed E-state index contributed by atoms with van der Waals surface area (Å²) in [6, 6.07) is 3.38. The summed E-state index contributed by atoms with van der Waals surface area (Å²) in [5, 5.41) is 7.28. The quantitative estimate of drug-likeness (QED) is 0.805. The van der Waals surface area contributed by atoms with Crippen molar-refractivity contribution in [1.82, 2.24) is 19.7 Å². The second-order valence-electron chi connectivity index (χ2n) is 3.95. The predicted molar refractivity (Wildman–Crippen MR) is 66.7 cm³/mol. The zero-order valence-corrected chi connectivity index (χ0v) is 11.4. The average Bonchev–Trinajstić information content (AvgIpc) is 2.74. The molecule has 0 saturated heterocycles. The van der Waals surface area contributed by atoms with Crippen LogP contribution in [0.4, 0.5) is 0 Å². The van der Waals surface area contributed by atoms with Gasteiger partial charge in [-0.15, -0.1) is 10.2 Å². The molecule has 0 aliphatic carbocycles. The van der Waals surface area contributed by atoms with Gasteiger partial charge in [0.1, 0.15) is 0 Å². The van der Waals surface area contributed by atoms with Gasteiger partial charge < -0.3 is 0 Å². The van der Waals surface area contributed by atoms with E-state index in [2.05, 4.69) is 15.2 Å². The van der Waals surface area contributed by atoms with E-state index in [1.54, 1.807) is 24.5 Å². The lowest BCUT2D eigenvalue weighted by molar-refractivity contribution is 0.530. The van der Waals surface area contributed by atoms with Crippen LogP contribution in [0, 0.1) is 0 Å². The van der Waals surface area contributed by atoms with E-state index >= 15 is 0 Å². The number of nitrogens with zero attached hydrogens (tertiary/aromatic N) is 4. The van der Waals surface area contributed by atoms with E-state index in [1.807, 2.05) is 13.8 Å². The third kappa shape index (κ3) is 2.37. The van der Waals surface area contributed by atoms with Gasteiger partial charge in [0.05, 0.1) is 0 Å². The standard InChI is InChI=1S/C10H11ClN4O2S/c1-7(2)15-9(8-4-3-5-12-6-8)13-14-10(15)18(11,16)17/h3-7H,1-2H3. The molecule has 0 aromatic carbocycles. The Balaban J connectivity index is 2.68. The Bertz CT molecular complexity index is 652. The average molecular weight is 287 g/mol. The Morgan fingerprint density at radius 2 is 2.06 bits per heavy atom. The summed E-state index contributed by atoms with van der Waals surface area (Å²) in [5.41, 5.74) is 0.685. The van der Waals surface area contributed by atoms with Crippen LogP contribution in [0.5, 0.6) is 0 Å². The summed E-state index contributed by atoms with van der Waals surface area (Å²) in [6.45, 7) is 3.66. The molecule has 0 aliphatic rings. The van der Waals surface area contributed by atoms with Gasteiger partial charge in [-0.25, -0.2) is 8.42 Å². The number of hydrogen-bond donors (Lipinski definition) is 0. The minimum Gasteiger partial charge on any atom is -0.294 e. The third-order valence-electron chi connectivity index (χ3n) is 2.32. The van der Waals surface area contributed by atoms with Gasteiger partial charge in [-0.1, -0.05) is 0 Å². The molecule has 8 heteroatoms. The van der Waals surface area contributed by atoms with Gasteiger partial charge in [0.15, 0.2) is 5.82 Å². The van der Waals surface area contributed by atoms with Gasteiger partial charge in [0.2, 0.25) is 0 Å². The minimum absolute atomic E-state index is 0.140. The van der Waals surface area contributed by atoms with Crippen LogP contribution < -0.4 is 0 Å². The molecule has 0 bridgehead atoms. The summed E-state index contributed by atoms with van der Waals surface area (Å²) >= 11 is 0. The second kappa shape index (κ2) is 4.66. The van der Waals surface area contributed by atoms with Crippen LogP contribution in [0.25, 0.3) is 11.4 Å². The third-order valence-corrected chi connectivity index (χ3v) is 3.45. The lowest BCUT2D eigenvalue weighted by atomic mass is 10.2. The van der Waals surface area contributed by atoms with E-state index < -0.39 is 9.05 Å². The van der Waals surface area contributed by atoms with Gasteiger partial charge in [0, 0.05) is 34.7 Å². The van der Waals surface area contributed by atoms with Crippen LogP contribution in [0.2, 0.25) is 0 Å². The van der Waals surface area contributed by atoms with Crippen molar-refractivity contribution in [1.29, 1.82) is 0 Å². The molecule has 96 valence electrons. The largest absolute Gasteiger partial charge is 0.296 e. The van der Waals surface area contributed by atoms with Crippen LogP contribution in [0.1, 0.15) is 19.9 Å². The number of pyridine rings is 1. The topological polar surface area (TPSA) is 77.7 Å². The second-order valence-corrected chi connectivity index (χ2v) is 6.41. The van der Waals surface area contributed by atoms with E-state index in [4.69, 9.17) is 10.7 Å². The first kappa shape index (κ1) is 13.0. The first-order valence-corrected chi connectivity index (χ1v) is 7.52. The molecule has 6 nitrogen and oxygen atoms in total. The molecule has 0 amide bonds.